The lowest BCUT2D eigenvalue weighted by Crippen LogP contribution is -2.25. The molecule has 1 saturated heterocycles. The van der Waals surface area contributed by atoms with Gasteiger partial charge in [-0.25, -0.2) is 0 Å². The van der Waals surface area contributed by atoms with Crippen LogP contribution in [0.25, 0.3) is 0 Å². The summed E-state index contributed by atoms with van der Waals surface area (Å²) in [4.78, 5) is 2.46. The first kappa shape index (κ1) is 14.9. The largest absolute Gasteiger partial charge is 0.379 e. The molecule has 0 radical (unpaired) electrons. The molecule has 1 fully saturated rings. The second-order valence-electron chi connectivity index (χ2n) is 4.50. The number of rotatable bonds is 10. The smallest absolute Gasteiger partial charge is 0.0781 e. The molecule has 1 atom stereocenters. The van der Waals surface area contributed by atoms with Crippen LogP contribution in [0.4, 0.5) is 0 Å². The molecular weight excluding hydrogens is 218 g/mol. The number of hydrogen-bond donors (Lipinski definition) is 0. The topological polar surface area (TPSA) is 30.9 Å². The summed E-state index contributed by atoms with van der Waals surface area (Å²) in [6.07, 6.45) is 2.85. The van der Waals surface area contributed by atoms with Crippen LogP contribution in [0.2, 0.25) is 0 Å². The SMILES string of the molecule is CCOCC(C)OCCOCCN1CCCC1. The minimum atomic E-state index is 0.164. The van der Waals surface area contributed by atoms with E-state index in [0.29, 0.717) is 19.8 Å². The summed E-state index contributed by atoms with van der Waals surface area (Å²) in [5.74, 6) is 0. The average molecular weight is 245 g/mol. The van der Waals surface area contributed by atoms with Crippen molar-refractivity contribution in [3.8, 4) is 0 Å². The molecule has 4 nitrogen and oxygen atoms in total. The first-order chi connectivity index (χ1) is 8.33. The minimum Gasteiger partial charge on any atom is -0.379 e. The molecule has 1 aliphatic rings. The van der Waals surface area contributed by atoms with Crippen LogP contribution in [0.1, 0.15) is 26.7 Å². The zero-order valence-electron chi connectivity index (χ0n) is 11.3. The van der Waals surface area contributed by atoms with Crippen molar-refractivity contribution < 1.29 is 14.2 Å². The molecule has 1 rings (SSSR count). The predicted molar refractivity (Wildman–Crippen MR) is 68.4 cm³/mol. The van der Waals surface area contributed by atoms with Crippen molar-refractivity contribution in [2.45, 2.75) is 32.8 Å². The Morgan fingerprint density at radius 3 is 2.53 bits per heavy atom. The molecule has 0 aliphatic carbocycles. The molecule has 0 aromatic carbocycles. The minimum absolute atomic E-state index is 0.164. The highest BCUT2D eigenvalue weighted by atomic mass is 16.5. The average Bonchev–Trinajstić information content (AvgIpc) is 2.84. The van der Waals surface area contributed by atoms with Gasteiger partial charge in [-0.15, -0.1) is 0 Å². The van der Waals surface area contributed by atoms with Crippen LogP contribution in [0.15, 0.2) is 0 Å². The molecule has 0 amide bonds. The Labute approximate surface area is 105 Å². The van der Waals surface area contributed by atoms with Gasteiger partial charge in [0.15, 0.2) is 0 Å². The molecule has 0 aromatic heterocycles. The fourth-order valence-electron chi connectivity index (χ4n) is 1.94. The zero-order valence-corrected chi connectivity index (χ0v) is 11.3. The van der Waals surface area contributed by atoms with Crippen LogP contribution < -0.4 is 0 Å². The quantitative estimate of drug-likeness (QED) is 0.546. The van der Waals surface area contributed by atoms with E-state index in [1.54, 1.807) is 0 Å². The van der Waals surface area contributed by atoms with Crippen LogP contribution in [0.5, 0.6) is 0 Å². The van der Waals surface area contributed by atoms with Crippen molar-refractivity contribution in [1.82, 2.24) is 4.90 Å². The van der Waals surface area contributed by atoms with E-state index in [4.69, 9.17) is 14.2 Å². The monoisotopic (exact) mass is 245 g/mol. The highest BCUT2D eigenvalue weighted by molar-refractivity contribution is 4.65. The third kappa shape index (κ3) is 7.71. The van der Waals surface area contributed by atoms with E-state index < -0.39 is 0 Å². The van der Waals surface area contributed by atoms with E-state index in [1.165, 1.54) is 25.9 Å². The van der Waals surface area contributed by atoms with Crippen LogP contribution in [-0.2, 0) is 14.2 Å². The highest BCUT2D eigenvalue weighted by Crippen LogP contribution is 2.05. The lowest BCUT2D eigenvalue weighted by atomic mass is 10.4. The van der Waals surface area contributed by atoms with E-state index in [9.17, 15) is 0 Å². The molecule has 1 aliphatic heterocycles. The standard InChI is InChI=1S/C13H27NO3/c1-3-15-12-13(2)17-11-10-16-9-8-14-6-4-5-7-14/h13H,3-12H2,1-2H3. The summed E-state index contributed by atoms with van der Waals surface area (Å²) >= 11 is 0. The van der Waals surface area contributed by atoms with E-state index in [-0.39, 0.29) is 6.10 Å². The van der Waals surface area contributed by atoms with Gasteiger partial charge in [0.2, 0.25) is 0 Å². The molecule has 17 heavy (non-hydrogen) atoms. The maximum absolute atomic E-state index is 5.55. The summed E-state index contributed by atoms with van der Waals surface area (Å²) in [7, 11) is 0. The molecular formula is C13H27NO3. The summed E-state index contributed by atoms with van der Waals surface area (Å²) in [6, 6.07) is 0. The van der Waals surface area contributed by atoms with Gasteiger partial charge in [-0.1, -0.05) is 0 Å². The summed E-state index contributed by atoms with van der Waals surface area (Å²) in [5, 5.41) is 0. The van der Waals surface area contributed by atoms with Crippen LogP contribution in [0, 0.1) is 0 Å². The molecule has 102 valence electrons. The zero-order chi connectivity index (χ0) is 12.3. The second kappa shape index (κ2) is 9.83. The Kier molecular flexibility index (Phi) is 8.61. The predicted octanol–water partition coefficient (Wildman–Crippen LogP) is 1.54. The van der Waals surface area contributed by atoms with Gasteiger partial charge in [0, 0.05) is 13.2 Å². The van der Waals surface area contributed by atoms with Crippen LogP contribution >= 0.6 is 0 Å². The molecule has 0 bridgehead atoms. The van der Waals surface area contributed by atoms with Gasteiger partial charge in [-0.05, 0) is 39.8 Å². The van der Waals surface area contributed by atoms with Crippen molar-refractivity contribution >= 4 is 0 Å². The molecule has 0 N–H and O–H groups in total. The second-order valence-corrected chi connectivity index (χ2v) is 4.50. The highest BCUT2D eigenvalue weighted by Gasteiger charge is 2.10. The number of ether oxygens (including phenoxy) is 3. The Morgan fingerprint density at radius 1 is 1.06 bits per heavy atom. The number of likely N-dealkylation sites (tertiary alicyclic amines) is 1. The van der Waals surface area contributed by atoms with Gasteiger partial charge in [0.25, 0.3) is 0 Å². The van der Waals surface area contributed by atoms with Gasteiger partial charge >= 0.3 is 0 Å². The maximum Gasteiger partial charge on any atom is 0.0781 e. The summed E-state index contributed by atoms with van der Waals surface area (Å²) < 4.78 is 16.4. The van der Waals surface area contributed by atoms with Crippen molar-refractivity contribution in [1.29, 1.82) is 0 Å². The van der Waals surface area contributed by atoms with Crippen LogP contribution in [-0.4, -0.2) is 63.7 Å². The third-order valence-corrected chi connectivity index (χ3v) is 2.94. The molecule has 4 heteroatoms. The van der Waals surface area contributed by atoms with E-state index >= 15 is 0 Å². The van der Waals surface area contributed by atoms with E-state index in [1.807, 2.05) is 13.8 Å². The Balaban J connectivity index is 1.80. The maximum atomic E-state index is 5.55. The van der Waals surface area contributed by atoms with Crippen molar-refractivity contribution in [3.63, 3.8) is 0 Å². The molecule has 1 unspecified atom stereocenters. The van der Waals surface area contributed by atoms with Gasteiger partial charge in [0.05, 0.1) is 32.5 Å². The summed E-state index contributed by atoms with van der Waals surface area (Å²) in [5.41, 5.74) is 0. The van der Waals surface area contributed by atoms with Gasteiger partial charge in [-0.3, -0.25) is 0 Å². The van der Waals surface area contributed by atoms with Crippen molar-refractivity contribution in [2.24, 2.45) is 0 Å². The Bertz CT molecular complexity index is 172. The molecule has 0 saturated carbocycles. The first-order valence-corrected chi connectivity index (χ1v) is 6.82. The van der Waals surface area contributed by atoms with Gasteiger partial charge in [-0.2, -0.15) is 0 Å². The van der Waals surface area contributed by atoms with Crippen LogP contribution in [0.3, 0.4) is 0 Å². The van der Waals surface area contributed by atoms with Crippen molar-refractivity contribution in [3.05, 3.63) is 0 Å². The number of hydrogen-bond acceptors (Lipinski definition) is 4. The van der Waals surface area contributed by atoms with Gasteiger partial charge < -0.3 is 19.1 Å². The van der Waals surface area contributed by atoms with E-state index in [0.717, 1.165) is 19.8 Å². The fraction of sp³-hybridized carbons (Fsp3) is 1.00. The van der Waals surface area contributed by atoms with E-state index in [2.05, 4.69) is 4.90 Å². The molecule has 1 heterocycles. The molecule has 0 spiro atoms. The lowest BCUT2D eigenvalue weighted by molar-refractivity contribution is -0.0290. The Hall–Kier alpha value is -0.160. The Morgan fingerprint density at radius 2 is 1.82 bits per heavy atom. The van der Waals surface area contributed by atoms with Crippen molar-refractivity contribution in [2.75, 3.05) is 52.7 Å². The summed E-state index contributed by atoms with van der Waals surface area (Å²) in [6.45, 7) is 11.2. The lowest BCUT2D eigenvalue weighted by Gasteiger charge is -2.15. The van der Waals surface area contributed by atoms with Gasteiger partial charge in [0.1, 0.15) is 0 Å². The fourth-order valence-corrected chi connectivity index (χ4v) is 1.94. The molecule has 0 aromatic rings. The first-order valence-electron chi connectivity index (χ1n) is 6.82. The number of nitrogens with zero attached hydrogens (tertiary/aromatic N) is 1. The normalized spacial score (nSPS) is 18.7. The third-order valence-electron chi connectivity index (χ3n) is 2.94.